The molecule has 0 unspecified atom stereocenters. The molecule has 2 fully saturated rings. The summed E-state index contributed by atoms with van der Waals surface area (Å²) in [7, 11) is 3.94. The number of aliphatic carboxylic acids is 1. The van der Waals surface area contributed by atoms with Gasteiger partial charge in [-0.15, -0.1) is 0 Å². The minimum atomic E-state index is -1.77. The fourth-order valence-electron chi connectivity index (χ4n) is 4.53. The van der Waals surface area contributed by atoms with Crippen LogP contribution < -0.4 is 4.74 Å². The molecule has 1 aromatic carbocycles. The highest BCUT2D eigenvalue weighted by molar-refractivity contribution is 5.73. The summed E-state index contributed by atoms with van der Waals surface area (Å²) in [5.74, 6) is -1.24. The Bertz CT molecular complexity index is 734. The van der Waals surface area contributed by atoms with Crippen molar-refractivity contribution in [2.75, 3.05) is 20.6 Å². The molecule has 6 atom stereocenters. The molecule has 9 nitrogen and oxygen atoms in total. The van der Waals surface area contributed by atoms with Crippen molar-refractivity contribution >= 4 is 5.97 Å². The van der Waals surface area contributed by atoms with Crippen molar-refractivity contribution < 1.29 is 39.8 Å². The zero-order valence-corrected chi connectivity index (χ0v) is 17.9. The van der Waals surface area contributed by atoms with E-state index in [0.717, 1.165) is 37.7 Å². The lowest BCUT2D eigenvalue weighted by atomic mass is 9.72. The van der Waals surface area contributed by atoms with Crippen molar-refractivity contribution in [3.05, 3.63) is 29.8 Å². The lowest BCUT2D eigenvalue weighted by molar-refractivity contribution is -0.271. The van der Waals surface area contributed by atoms with Crippen LogP contribution in [0.5, 0.6) is 5.75 Å². The summed E-state index contributed by atoms with van der Waals surface area (Å²) >= 11 is 0. The van der Waals surface area contributed by atoms with Crippen molar-refractivity contribution in [1.29, 1.82) is 0 Å². The number of carboxylic acid groups (broad SMARTS) is 1. The van der Waals surface area contributed by atoms with Crippen LogP contribution in [0, 0.1) is 0 Å². The van der Waals surface area contributed by atoms with E-state index in [1.807, 2.05) is 31.1 Å². The number of rotatable bonds is 7. The van der Waals surface area contributed by atoms with Crippen LogP contribution >= 0.6 is 0 Å². The minimum Gasteiger partial charge on any atom is -0.479 e. The average molecular weight is 440 g/mol. The van der Waals surface area contributed by atoms with E-state index in [1.165, 1.54) is 0 Å². The van der Waals surface area contributed by atoms with Crippen molar-refractivity contribution in [3.8, 4) is 5.75 Å². The van der Waals surface area contributed by atoms with Gasteiger partial charge in [0.1, 0.15) is 24.1 Å². The van der Waals surface area contributed by atoms with Crippen LogP contribution in [0.15, 0.2) is 24.3 Å². The number of ether oxygens (including phenoxy) is 2. The lowest BCUT2D eigenvalue weighted by Gasteiger charge is -2.41. The quantitative estimate of drug-likeness (QED) is 0.406. The second-order valence-corrected chi connectivity index (χ2v) is 8.90. The second kappa shape index (κ2) is 9.81. The summed E-state index contributed by atoms with van der Waals surface area (Å²) in [4.78, 5) is 13.3. The third-order valence-corrected chi connectivity index (χ3v) is 6.26. The first kappa shape index (κ1) is 23.9. The number of likely N-dealkylation sites (N-methyl/N-ethyl adjacent to an activating group) is 1. The van der Waals surface area contributed by atoms with Gasteiger partial charge >= 0.3 is 5.97 Å². The van der Waals surface area contributed by atoms with Gasteiger partial charge in [0.2, 0.25) is 6.29 Å². The number of hydrogen-bond acceptors (Lipinski definition) is 8. The number of nitrogens with zero attached hydrogens (tertiary/aromatic N) is 1. The smallest absolute Gasteiger partial charge is 0.335 e. The van der Waals surface area contributed by atoms with Gasteiger partial charge in [0, 0.05) is 12.5 Å². The highest BCUT2D eigenvalue weighted by Gasteiger charge is 2.48. The lowest BCUT2D eigenvalue weighted by Crippen LogP contribution is -2.61. The summed E-state index contributed by atoms with van der Waals surface area (Å²) in [6.45, 7) is 0.686. The molecule has 0 bridgehead atoms. The molecule has 1 saturated heterocycles. The van der Waals surface area contributed by atoms with Gasteiger partial charge in [-0.3, -0.25) is 0 Å². The molecular weight excluding hydrogens is 406 g/mol. The van der Waals surface area contributed by atoms with E-state index in [1.54, 1.807) is 12.1 Å². The number of carbonyl (C=O) groups is 1. The molecule has 9 heteroatoms. The number of hydrogen-bond donors (Lipinski definition) is 5. The Labute approximate surface area is 181 Å². The molecule has 0 aromatic heterocycles. The third-order valence-electron chi connectivity index (χ3n) is 6.26. The average Bonchev–Trinajstić information content (AvgIpc) is 2.73. The Kier molecular flexibility index (Phi) is 7.56. The van der Waals surface area contributed by atoms with E-state index in [2.05, 4.69) is 0 Å². The van der Waals surface area contributed by atoms with Crippen LogP contribution in [-0.2, 0) is 9.53 Å². The highest BCUT2D eigenvalue weighted by atomic mass is 16.7. The minimum absolute atomic E-state index is 0.0817. The van der Waals surface area contributed by atoms with Crippen LogP contribution in [0.3, 0.4) is 0 Å². The molecule has 1 aliphatic carbocycles. The first-order valence-electron chi connectivity index (χ1n) is 10.7. The molecule has 2 aliphatic rings. The predicted octanol–water partition coefficient (Wildman–Crippen LogP) is 0.298. The summed E-state index contributed by atoms with van der Waals surface area (Å²) in [5.41, 5.74) is 0.178. The van der Waals surface area contributed by atoms with E-state index < -0.39 is 42.3 Å². The number of benzene rings is 1. The second-order valence-electron chi connectivity index (χ2n) is 8.90. The standard InChI is InChI=1S/C22H33NO8/c1-23(2)12-15(22(29)10-4-3-5-11-22)13-6-8-14(9-7-13)30-21-18(26)16(24)17(25)19(31-21)20(27)28/h6-9,15-19,21,24-26,29H,3-5,10-12H2,1-2H3,(H,27,28)/t15-,16-,17-,18+,19-,21-/m0/s1. The van der Waals surface area contributed by atoms with Crippen molar-refractivity contribution in [3.63, 3.8) is 0 Å². The van der Waals surface area contributed by atoms with E-state index in [0.29, 0.717) is 12.3 Å². The van der Waals surface area contributed by atoms with Gasteiger partial charge in [-0.2, -0.15) is 0 Å². The zero-order valence-electron chi connectivity index (χ0n) is 17.9. The largest absolute Gasteiger partial charge is 0.479 e. The SMILES string of the molecule is CN(C)C[C@@H](c1ccc(O[C@H]2O[C@H](C(=O)O)[C@@H](O)[C@H](O)[C@H]2O)cc1)C1(O)CCCCC1. The van der Waals surface area contributed by atoms with Crippen LogP contribution in [-0.4, -0.2) is 93.3 Å². The fraction of sp³-hybridized carbons (Fsp3) is 0.682. The van der Waals surface area contributed by atoms with Crippen LogP contribution in [0.1, 0.15) is 43.6 Å². The Morgan fingerprint density at radius 3 is 2.26 bits per heavy atom. The van der Waals surface area contributed by atoms with Gasteiger partial charge in [-0.25, -0.2) is 4.79 Å². The Morgan fingerprint density at radius 1 is 1.10 bits per heavy atom. The molecule has 0 spiro atoms. The molecule has 0 radical (unpaired) electrons. The van der Waals surface area contributed by atoms with Gasteiger partial charge in [0.25, 0.3) is 0 Å². The predicted molar refractivity (Wildman–Crippen MR) is 111 cm³/mol. The maximum atomic E-state index is 11.3. The normalized spacial score (nSPS) is 31.9. The molecule has 5 N–H and O–H groups in total. The van der Waals surface area contributed by atoms with Crippen molar-refractivity contribution in [2.45, 2.75) is 74.3 Å². The van der Waals surface area contributed by atoms with Crippen LogP contribution in [0.2, 0.25) is 0 Å². The van der Waals surface area contributed by atoms with Crippen LogP contribution in [0.4, 0.5) is 0 Å². The van der Waals surface area contributed by atoms with Gasteiger partial charge in [0.05, 0.1) is 5.60 Å². The summed E-state index contributed by atoms with van der Waals surface area (Å²) < 4.78 is 10.7. The van der Waals surface area contributed by atoms with Gasteiger partial charge in [-0.05, 0) is 44.6 Å². The third kappa shape index (κ3) is 5.36. The number of aliphatic hydroxyl groups is 4. The van der Waals surface area contributed by atoms with E-state index in [4.69, 9.17) is 14.6 Å². The molecule has 1 heterocycles. The molecule has 1 saturated carbocycles. The number of aliphatic hydroxyl groups excluding tert-OH is 3. The first-order valence-corrected chi connectivity index (χ1v) is 10.7. The molecule has 31 heavy (non-hydrogen) atoms. The molecule has 1 aromatic rings. The van der Waals surface area contributed by atoms with E-state index >= 15 is 0 Å². The maximum absolute atomic E-state index is 11.3. The zero-order chi connectivity index (χ0) is 22.8. The summed E-state index contributed by atoms with van der Waals surface area (Å²) in [6.07, 6.45) is -3.64. The van der Waals surface area contributed by atoms with E-state index in [-0.39, 0.29) is 5.92 Å². The van der Waals surface area contributed by atoms with Crippen LogP contribution in [0.25, 0.3) is 0 Å². The molecule has 0 amide bonds. The molecule has 3 rings (SSSR count). The topological polar surface area (TPSA) is 140 Å². The fourth-order valence-corrected chi connectivity index (χ4v) is 4.53. The molecular formula is C22H33NO8. The van der Waals surface area contributed by atoms with E-state index in [9.17, 15) is 25.2 Å². The summed E-state index contributed by atoms with van der Waals surface area (Å²) in [5, 5.41) is 50.3. The van der Waals surface area contributed by atoms with Gasteiger partial charge < -0.3 is 39.9 Å². The Balaban J connectivity index is 1.75. The number of carboxylic acids is 1. The Hall–Kier alpha value is -1.75. The molecule has 1 aliphatic heterocycles. The Morgan fingerprint density at radius 2 is 1.71 bits per heavy atom. The maximum Gasteiger partial charge on any atom is 0.335 e. The van der Waals surface area contributed by atoms with Crippen molar-refractivity contribution in [2.24, 2.45) is 0 Å². The highest BCUT2D eigenvalue weighted by Crippen LogP contribution is 2.40. The first-order chi connectivity index (χ1) is 14.6. The van der Waals surface area contributed by atoms with Gasteiger partial charge in [0.15, 0.2) is 6.10 Å². The van der Waals surface area contributed by atoms with Gasteiger partial charge in [-0.1, -0.05) is 31.4 Å². The molecule has 174 valence electrons. The monoisotopic (exact) mass is 439 g/mol. The van der Waals surface area contributed by atoms with Crippen molar-refractivity contribution in [1.82, 2.24) is 4.90 Å². The summed E-state index contributed by atoms with van der Waals surface area (Å²) in [6, 6.07) is 7.00.